The lowest BCUT2D eigenvalue weighted by atomic mass is 9.95. The lowest BCUT2D eigenvalue weighted by Gasteiger charge is -2.26. The molecular formula is C22H26ClN3O2S. The Morgan fingerprint density at radius 3 is 2.79 bits per heavy atom. The standard InChI is InChI=1S/C22H26ClN3O2S/c1-3-4-9-20-24-12-18(26(20)14-16-7-5-6-8-19(16)23)13-25-22(2,21(27)28)17-10-11-29-15-17/h5-8,10-12,15,25H,3-4,9,13-14H2,1-2H3,(H,27,28)/t22-/m1/s1. The van der Waals surface area contributed by atoms with Gasteiger partial charge >= 0.3 is 5.97 Å². The van der Waals surface area contributed by atoms with Gasteiger partial charge in [0, 0.05) is 24.2 Å². The zero-order chi connectivity index (χ0) is 20.9. The number of imidazole rings is 1. The normalized spacial score (nSPS) is 13.3. The smallest absolute Gasteiger partial charge is 0.328 e. The van der Waals surface area contributed by atoms with Crippen LogP contribution in [-0.2, 0) is 29.8 Å². The summed E-state index contributed by atoms with van der Waals surface area (Å²) in [6.07, 6.45) is 4.85. The van der Waals surface area contributed by atoms with Gasteiger partial charge in [-0.3, -0.25) is 5.32 Å². The third kappa shape index (κ3) is 4.89. The second kappa shape index (κ2) is 9.57. The van der Waals surface area contributed by atoms with E-state index in [9.17, 15) is 9.90 Å². The molecule has 2 heterocycles. The summed E-state index contributed by atoms with van der Waals surface area (Å²) in [5, 5.41) is 17.6. The molecular weight excluding hydrogens is 406 g/mol. The zero-order valence-electron chi connectivity index (χ0n) is 16.7. The SMILES string of the molecule is CCCCc1ncc(CN[C@@](C)(C(=O)O)c2ccsc2)n1Cc1ccccc1Cl. The first-order valence-electron chi connectivity index (χ1n) is 9.73. The molecule has 29 heavy (non-hydrogen) atoms. The largest absolute Gasteiger partial charge is 0.480 e. The lowest BCUT2D eigenvalue weighted by Crippen LogP contribution is -2.46. The number of nitrogens with one attached hydrogen (secondary N) is 1. The van der Waals surface area contributed by atoms with Crippen LogP contribution in [0, 0.1) is 0 Å². The number of carboxylic acids is 1. The molecule has 2 aromatic heterocycles. The molecule has 0 saturated heterocycles. The van der Waals surface area contributed by atoms with E-state index in [4.69, 9.17) is 11.6 Å². The van der Waals surface area contributed by atoms with Gasteiger partial charge in [0.25, 0.3) is 0 Å². The minimum Gasteiger partial charge on any atom is -0.480 e. The molecule has 2 N–H and O–H groups in total. The fraction of sp³-hybridized carbons (Fsp3) is 0.364. The van der Waals surface area contributed by atoms with E-state index in [0.717, 1.165) is 46.9 Å². The summed E-state index contributed by atoms with van der Waals surface area (Å²) >= 11 is 7.87. The van der Waals surface area contributed by atoms with E-state index in [2.05, 4.69) is 21.8 Å². The molecule has 0 bridgehead atoms. The monoisotopic (exact) mass is 431 g/mol. The number of halogens is 1. The Bertz CT molecular complexity index is 955. The van der Waals surface area contributed by atoms with Gasteiger partial charge in [0.2, 0.25) is 0 Å². The number of carbonyl (C=O) groups is 1. The summed E-state index contributed by atoms with van der Waals surface area (Å²) in [5.41, 5.74) is 1.55. The van der Waals surface area contributed by atoms with Crippen LogP contribution in [0.25, 0.3) is 0 Å². The molecule has 3 aromatic rings. The van der Waals surface area contributed by atoms with E-state index in [1.807, 2.05) is 47.3 Å². The van der Waals surface area contributed by atoms with Crippen molar-refractivity contribution >= 4 is 28.9 Å². The van der Waals surface area contributed by atoms with Crippen molar-refractivity contribution in [2.45, 2.75) is 51.7 Å². The van der Waals surface area contributed by atoms with Crippen LogP contribution < -0.4 is 5.32 Å². The third-order valence-corrected chi connectivity index (χ3v) is 6.26. The first-order valence-corrected chi connectivity index (χ1v) is 11.1. The molecule has 0 unspecified atom stereocenters. The maximum atomic E-state index is 12.0. The minimum absolute atomic E-state index is 0.391. The minimum atomic E-state index is -1.16. The van der Waals surface area contributed by atoms with Crippen LogP contribution in [0.1, 0.15) is 49.3 Å². The number of unbranched alkanes of at least 4 members (excludes halogenated alkanes) is 1. The number of aliphatic carboxylic acids is 1. The Labute approximate surface area is 180 Å². The summed E-state index contributed by atoms with van der Waals surface area (Å²) in [6.45, 7) is 4.85. The molecule has 0 aliphatic heterocycles. The number of aromatic nitrogens is 2. The average Bonchev–Trinajstić information content (AvgIpc) is 3.37. The number of carboxylic acid groups (broad SMARTS) is 1. The summed E-state index contributed by atoms with van der Waals surface area (Å²) in [6, 6.07) is 9.63. The third-order valence-electron chi connectivity index (χ3n) is 5.21. The molecule has 154 valence electrons. The number of hydrogen-bond acceptors (Lipinski definition) is 4. The van der Waals surface area contributed by atoms with E-state index in [1.165, 1.54) is 11.3 Å². The van der Waals surface area contributed by atoms with Gasteiger partial charge in [-0.2, -0.15) is 11.3 Å². The molecule has 3 rings (SSSR count). The van der Waals surface area contributed by atoms with Gasteiger partial charge in [-0.25, -0.2) is 9.78 Å². The zero-order valence-corrected chi connectivity index (χ0v) is 18.3. The number of hydrogen-bond donors (Lipinski definition) is 2. The maximum absolute atomic E-state index is 12.0. The lowest BCUT2D eigenvalue weighted by molar-refractivity contribution is -0.144. The van der Waals surface area contributed by atoms with Gasteiger partial charge in [0.1, 0.15) is 11.4 Å². The number of rotatable bonds is 10. The van der Waals surface area contributed by atoms with Gasteiger partial charge in [0.15, 0.2) is 0 Å². The van der Waals surface area contributed by atoms with Gasteiger partial charge in [0.05, 0.1) is 12.2 Å². The fourth-order valence-corrected chi connectivity index (χ4v) is 4.20. The molecule has 0 spiro atoms. The van der Waals surface area contributed by atoms with Crippen LogP contribution in [0.5, 0.6) is 0 Å². The first-order chi connectivity index (χ1) is 14.0. The summed E-state index contributed by atoms with van der Waals surface area (Å²) < 4.78 is 2.15. The van der Waals surface area contributed by atoms with E-state index in [-0.39, 0.29) is 0 Å². The Morgan fingerprint density at radius 1 is 1.34 bits per heavy atom. The van der Waals surface area contributed by atoms with Crippen LogP contribution in [0.4, 0.5) is 0 Å². The quantitative estimate of drug-likeness (QED) is 0.469. The van der Waals surface area contributed by atoms with Crippen molar-refractivity contribution in [3.63, 3.8) is 0 Å². The Balaban J connectivity index is 1.87. The molecule has 0 saturated carbocycles. The van der Waals surface area contributed by atoms with Crippen molar-refractivity contribution in [3.05, 3.63) is 75.0 Å². The molecule has 7 heteroatoms. The topological polar surface area (TPSA) is 67.2 Å². The number of nitrogens with zero attached hydrogens (tertiary/aromatic N) is 2. The second-order valence-electron chi connectivity index (χ2n) is 7.24. The molecule has 5 nitrogen and oxygen atoms in total. The highest BCUT2D eigenvalue weighted by Gasteiger charge is 2.35. The summed E-state index contributed by atoms with van der Waals surface area (Å²) in [7, 11) is 0. The van der Waals surface area contributed by atoms with Gasteiger partial charge in [-0.15, -0.1) is 0 Å². The molecule has 0 aliphatic carbocycles. The summed E-state index contributed by atoms with van der Waals surface area (Å²) in [4.78, 5) is 16.6. The first kappa shape index (κ1) is 21.6. The second-order valence-corrected chi connectivity index (χ2v) is 8.43. The Kier molecular flexibility index (Phi) is 7.11. The predicted molar refractivity (Wildman–Crippen MR) is 118 cm³/mol. The van der Waals surface area contributed by atoms with Gasteiger partial charge in [-0.1, -0.05) is 43.1 Å². The van der Waals surface area contributed by atoms with Crippen molar-refractivity contribution in [2.24, 2.45) is 0 Å². The van der Waals surface area contributed by atoms with Gasteiger partial charge in [-0.05, 0) is 47.4 Å². The van der Waals surface area contributed by atoms with Crippen molar-refractivity contribution in [3.8, 4) is 0 Å². The molecule has 0 amide bonds. The van der Waals surface area contributed by atoms with E-state index < -0.39 is 11.5 Å². The molecule has 1 aromatic carbocycles. The van der Waals surface area contributed by atoms with Crippen molar-refractivity contribution < 1.29 is 9.90 Å². The van der Waals surface area contributed by atoms with Crippen molar-refractivity contribution in [1.82, 2.24) is 14.9 Å². The van der Waals surface area contributed by atoms with Crippen LogP contribution in [0.15, 0.2) is 47.3 Å². The summed E-state index contributed by atoms with van der Waals surface area (Å²) in [5.74, 6) is 0.0930. The Hall–Kier alpha value is -2.15. The van der Waals surface area contributed by atoms with E-state index >= 15 is 0 Å². The highest BCUT2D eigenvalue weighted by atomic mass is 35.5. The van der Waals surface area contributed by atoms with Crippen molar-refractivity contribution in [2.75, 3.05) is 0 Å². The molecule has 0 aliphatic rings. The Morgan fingerprint density at radius 2 is 2.14 bits per heavy atom. The van der Waals surface area contributed by atoms with Crippen LogP contribution in [-0.4, -0.2) is 20.6 Å². The number of benzene rings is 1. The number of aryl methyl sites for hydroxylation is 1. The van der Waals surface area contributed by atoms with Crippen LogP contribution >= 0.6 is 22.9 Å². The predicted octanol–water partition coefficient (Wildman–Crippen LogP) is 5.08. The molecule has 0 fully saturated rings. The van der Waals surface area contributed by atoms with E-state index in [1.54, 1.807) is 6.92 Å². The maximum Gasteiger partial charge on any atom is 0.328 e. The highest BCUT2D eigenvalue weighted by molar-refractivity contribution is 7.08. The number of thiophene rings is 1. The average molecular weight is 432 g/mol. The van der Waals surface area contributed by atoms with Crippen molar-refractivity contribution in [1.29, 1.82) is 0 Å². The molecule has 0 radical (unpaired) electrons. The van der Waals surface area contributed by atoms with Crippen LogP contribution in [0.3, 0.4) is 0 Å². The van der Waals surface area contributed by atoms with Crippen LogP contribution in [0.2, 0.25) is 5.02 Å². The fourth-order valence-electron chi connectivity index (χ4n) is 3.24. The highest BCUT2D eigenvalue weighted by Crippen LogP contribution is 2.25. The van der Waals surface area contributed by atoms with Gasteiger partial charge < -0.3 is 9.67 Å². The molecule has 1 atom stereocenters. The van der Waals surface area contributed by atoms with E-state index in [0.29, 0.717) is 13.1 Å².